The summed E-state index contributed by atoms with van der Waals surface area (Å²) in [5.74, 6) is -0.168. The van der Waals surface area contributed by atoms with E-state index in [1.165, 1.54) is 17.4 Å². The average Bonchev–Trinajstić information content (AvgIpc) is 3.20. The predicted octanol–water partition coefficient (Wildman–Crippen LogP) is 6.03. The number of ether oxygens (including phenoxy) is 1. The van der Waals surface area contributed by atoms with E-state index in [1.54, 1.807) is 29.8 Å². The summed E-state index contributed by atoms with van der Waals surface area (Å²) < 4.78 is 45.8. The zero-order valence-corrected chi connectivity index (χ0v) is 17.2. The zero-order chi connectivity index (χ0) is 21.6. The maximum atomic E-state index is 13.5. The molecule has 0 amide bonds. The van der Waals surface area contributed by atoms with Gasteiger partial charge in [-0.2, -0.15) is 13.2 Å². The highest BCUT2D eigenvalue weighted by Gasteiger charge is 2.34. The van der Waals surface area contributed by atoms with Crippen LogP contribution >= 0.6 is 11.3 Å². The number of aromatic nitrogens is 2. The Morgan fingerprint density at radius 3 is 2.67 bits per heavy atom. The van der Waals surface area contributed by atoms with Crippen LogP contribution in [0.1, 0.15) is 37.4 Å². The summed E-state index contributed by atoms with van der Waals surface area (Å²) in [6.07, 6.45) is -0.339. The molecule has 0 fully saturated rings. The lowest BCUT2D eigenvalue weighted by molar-refractivity contribution is -0.138. The van der Waals surface area contributed by atoms with Gasteiger partial charge < -0.3 is 15.2 Å². The van der Waals surface area contributed by atoms with Gasteiger partial charge in [0.05, 0.1) is 30.2 Å². The molecule has 0 aliphatic carbocycles. The third-order valence-electron chi connectivity index (χ3n) is 4.33. The van der Waals surface area contributed by atoms with E-state index < -0.39 is 11.7 Å². The fourth-order valence-electron chi connectivity index (χ4n) is 2.75. The second kappa shape index (κ2) is 9.90. The minimum absolute atomic E-state index is 0.149. The van der Waals surface area contributed by atoms with Crippen LogP contribution in [-0.4, -0.2) is 21.7 Å². The van der Waals surface area contributed by atoms with Crippen LogP contribution in [0.2, 0.25) is 0 Å². The maximum absolute atomic E-state index is 13.5. The van der Waals surface area contributed by atoms with Crippen LogP contribution in [0.25, 0.3) is 11.3 Å². The number of thiazole rings is 1. The fourth-order valence-corrected chi connectivity index (χ4v) is 3.49. The Kier molecular flexibility index (Phi) is 7.28. The highest BCUT2D eigenvalue weighted by atomic mass is 32.1. The number of aliphatic hydroxyl groups is 1. The Morgan fingerprint density at radius 1 is 1.17 bits per heavy atom. The highest BCUT2D eigenvalue weighted by molar-refractivity contribution is 7.14. The summed E-state index contributed by atoms with van der Waals surface area (Å²) in [5, 5.41) is 14.2. The standard InChI is InChI=1S/C21H22F3N3O2S/c1-2-3-4-9-29-19-8-7-15(10-17(19)21(22,23)24)26-20-27-18(13-30-20)14-5-6-16(12-28)25-11-14/h5-8,10-11,13,28H,2-4,9,12H2,1H3,(H,26,27). The van der Waals surface area contributed by atoms with Gasteiger partial charge >= 0.3 is 6.18 Å². The maximum Gasteiger partial charge on any atom is 0.420 e. The van der Waals surface area contributed by atoms with Gasteiger partial charge in [0.2, 0.25) is 0 Å². The van der Waals surface area contributed by atoms with E-state index in [9.17, 15) is 13.2 Å². The lowest BCUT2D eigenvalue weighted by atomic mass is 10.1. The van der Waals surface area contributed by atoms with Gasteiger partial charge in [-0.05, 0) is 36.8 Å². The average molecular weight is 437 g/mol. The molecule has 0 aliphatic rings. The quantitative estimate of drug-likeness (QED) is 0.400. The van der Waals surface area contributed by atoms with E-state index in [1.807, 2.05) is 6.92 Å². The minimum Gasteiger partial charge on any atom is -0.493 e. The van der Waals surface area contributed by atoms with Crippen LogP contribution in [0.4, 0.5) is 24.0 Å². The Balaban J connectivity index is 1.75. The van der Waals surface area contributed by atoms with Crippen LogP contribution in [0.15, 0.2) is 41.9 Å². The van der Waals surface area contributed by atoms with E-state index in [2.05, 4.69) is 15.3 Å². The fraction of sp³-hybridized carbons (Fsp3) is 0.333. The number of nitrogens with zero attached hydrogens (tertiary/aromatic N) is 2. The highest BCUT2D eigenvalue weighted by Crippen LogP contribution is 2.39. The molecule has 160 valence electrons. The molecule has 0 spiro atoms. The number of nitrogens with one attached hydrogen (secondary N) is 1. The molecule has 2 heterocycles. The molecule has 0 bridgehead atoms. The first kappa shape index (κ1) is 22.0. The number of rotatable bonds is 9. The third-order valence-corrected chi connectivity index (χ3v) is 5.09. The van der Waals surface area contributed by atoms with E-state index in [-0.39, 0.29) is 24.7 Å². The summed E-state index contributed by atoms with van der Waals surface area (Å²) in [5.41, 5.74) is 1.40. The molecule has 0 saturated carbocycles. The van der Waals surface area contributed by atoms with Crippen LogP contribution in [0.3, 0.4) is 0 Å². The van der Waals surface area contributed by atoms with Gasteiger partial charge in [0.25, 0.3) is 0 Å². The molecule has 3 rings (SSSR count). The second-order valence-electron chi connectivity index (χ2n) is 6.62. The Bertz CT molecular complexity index is 959. The van der Waals surface area contributed by atoms with Crippen molar-refractivity contribution < 1.29 is 23.0 Å². The summed E-state index contributed by atoms with van der Waals surface area (Å²) in [4.78, 5) is 8.51. The van der Waals surface area contributed by atoms with E-state index in [4.69, 9.17) is 9.84 Å². The number of aliphatic hydroxyl groups excluding tert-OH is 1. The van der Waals surface area contributed by atoms with Crippen molar-refractivity contribution in [2.24, 2.45) is 0 Å². The smallest absolute Gasteiger partial charge is 0.420 e. The molecule has 1 aromatic carbocycles. The van der Waals surface area contributed by atoms with Crippen molar-refractivity contribution in [3.63, 3.8) is 0 Å². The molecule has 5 nitrogen and oxygen atoms in total. The molecule has 2 N–H and O–H groups in total. The minimum atomic E-state index is -4.52. The monoisotopic (exact) mass is 437 g/mol. The van der Waals surface area contributed by atoms with Gasteiger partial charge in [-0.25, -0.2) is 4.98 Å². The van der Waals surface area contributed by atoms with Crippen molar-refractivity contribution in [3.05, 3.63) is 53.2 Å². The van der Waals surface area contributed by atoms with Crippen molar-refractivity contribution >= 4 is 22.2 Å². The number of alkyl halides is 3. The molecule has 30 heavy (non-hydrogen) atoms. The molecule has 0 saturated heterocycles. The number of anilines is 2. The van der Waals surface area contributed by atoms with E-state index in [0.717, 1.165) is 24.5 Å². The SMILES string of the molecule is CCCCCOc1ccc(Nc2nc(-c3ccc(CO)nc3)cs2)cc1C(F)(F)F. The first-order chi connectivity index (χ1) is 14.4. The van der Waals surface area contributed by atoms with E-state index in [0.29, 0.717) is 22.9 Å². The van der Waals surface area contributed by atoms with Crippen LogP contribution in [0, 0.1) is 0 Å². The van der Waals surface area contributed by atoms with Gasteiger partial charge in [-0.1, -0.05) is 19.8 Å². The van der Waals surface area contributed by atoms with Gasteiger partial charge in [-0.3, -0.25) is 4.98 Å². The number of pyridine rings is 1. The summed E-state index contributed by atoms with van der Waals surface area (Å²) in [7, 11) is 0. The Morgan fingerprint density at radius 2 is 2.00 bits per heavy atom. The third kappa shape index (κ3) is 5.70. The van der Waals surface area contributed by atoms with Crippen LogP contribution < -0.4 is 10.1 Å². The lowest BCUT2D eigenvalue weighted by Crippen LogP contribution is -2.10. The zero-order valence-electron chi connectivity index (χ0n) is 16.4. The largest absolute Gasteiger partial charge is 0.493 e. The molecule has 2 aromatic heterocycles. The van der Waals surface area contributed by atoms with Crippen LogP contribution in [0.5, 0.6) is 5.75 Å². The molecule has 0 unspecified atom stereocenters. The first-order valence-corrected chi connectivity index (χ1v) is 10.4. The summed E-state index contributed by atoms with van der Waals surface area (Å²) in [6, 6.07) is 7.39. The molecule has 0 atom stereocenters. The molecule has 9 heteroatoms. The number of unbranched alkanes of at least 4 members (excludes halogenated alkanes) is 2. The predicted molar refractivity (Wildman–Crippen MR) is 111 cm³/mol. The van der Waals surface area contributed by atoms with Crippen molar-refractivity contribution in [1.29, 1.82) is 0 Å². The first-order valence-electron chi connectivity index (χ1n) is 9.53. The van der Waals surface area contributed by atoms with Gasteiger partial charge in [0.15, 0.2) is 5.13 Å². The number of halogens is 3. The van der Waals surface area contributed by atoms with Crippen LogP contribution in [-0.2, 0) is 12.8 Å². The van der Waals surface area contributed by atoms with E-state index >= 15 is 0 Å². The van der Waals surface area contributed by atoms with Gasteiger partial charge in [0, 0.05) is 22.8 Å². The number of hydrogen-bond donors (Lipinski definition) is 2. The van der Waals surface area contributed by atoms with Crippen molar-refractivity contribution in [2.45, 2.75) is 39.0 Å². The Labute approximate surface area is 176 Å². The second-order valence-corrected chi connectivity index (χ2v) is 7.48. The molecular weight excluding hydrogens is 415 g/mol. The topological polar surface area (TPSA) is 67.3 Å². The molecule has 0 radical (unpaired) electrons. The normalized spacial score (nSPS) is 11.5. The van der Waals surface area contributed by atoms with Crippen molar-refractivity contribution in [2.75, 3.05) is 11.9 Å². The molecular formula is C21H22F3N3O2S. The van der Waals surface area contributed by atoms with Crippen molar-refractivity contribution in [3.8, 4) is 17.0 Å². The van der Waals surface area contributed by atoms with Gasteiger partial charge in [0.1, 0.15) is 5.75 Å². The number of benzene rings is 1. The van der Waals surface area contributed by atoms with Gasteiger partial charge in [-0.15, -0.1) is 11.3 Å². The number of hydrogen-bond acceptors (Lipinski definition) is 6. The molecule has 3 aromatic rings. The lowest BCUT2D eigenvalue weighted by Gasteiger charge is -2.15. The Hall–Kier alpha value is -2.65. The van der Waals surface area contributed by atoms with Crippen molar-refractivity contribution in [1.82, 2.24) is 9.97 Å². The summed E-state index contributed by atoms with van der Waals surface area (Å²) >= 11 is 1.27. The summed E-state index contributed by atoms with van der Waals surface area (Å²) in [6.45, 7) is 2.12. The molecule has 0 aliphatic heterocycles.